The highest BCUT2D eigenvalue weighted by Gasteiger charge is 2.67. The van der Waals surface area contributed by atoms with Crippen molar-refractivity contribution in [2.45, 2.75) is 69.2 Å². The molecule has 0 radical (unpaired) electrons. The molecule has 0 bridgehead atoms. The van der Waals surface area contributed by atoms with Crippen LogP contribution in [0, 0.1) is 16.0 Å². The van der Waals surface area contributed by atoms with Gasteiger partial charge in [-0.3, -0.25) is 24.5 Å². The first-order valence-corrected chi connectivity index (χ1v) is 23.3. The van der Waals surface area contributed by atoms with E-state index in [1.165, 1.54) is 12.1 Å². The smallest absolute Gasteiger partial charge is 0.269 e. The number of benzene rings is 5. The lowest BCUT2D eigenvalue weighted by atomic mass is 9.82. The molecule has 2 N–H and O–H groups in total. The minimum atomic E-state index is -2.67. The van der Waals surface area contributed by atoms with Crippen molar-refractivity contribution in [2.75, 3.05) is 23.9 Å². The molecule has 3 aliphatic rings. The number of carbonyl (C=O) groups excluding carboxylic acids is 3. The normalized spacial score (nSPS) is 22.1. The van der Waals surface area contributed by atoms with Crippen LogP contribution in [-0.2, 0) is 39.4 Å². The molecule has 1 spiro atoms. The zero-order chi connectivity index (χ0) is 42.3. The summed E-state index contributed by atoms with van der Waals surface area (Å²) in [4.78, 5) is 58.0. The number of ether oxygens (including phenoxy) is 2. The Labute approximate surface area is 349 Å². The Kier molecular flexibility index (Phi) is 10.9. The fourth-order valence-corrected chi connectivity index (χ4v) is 13.8. The fraction of sp³-hybridized carbons (Fsp3) is 0.298. The molecular formula is C47H48N4O8Si. The lowest BCUT2D eigenvalue weighted by Crippen LogP contribution is -2.52. The number of hydrogen-bond donors (Lipinski definition) is 2. The Hall–Kier alpha value is -6.15. The summed E-state index contributed by atoms with van der Waals surface area (Å²) < 4.78 is 12.6. The monoisotopic (exact) mass is 824 g/mol. The van der Waals surface area contributed by atoms with E-state index in [4.69, 9.17) is 9.47 Å². The highest BCUT2D eigenvalue weighted by Crippen LogP contribution is 2.60. The molecule has 1 fully saturated rings. The SMILES string of the molecule is COc1ccc([Si](C)(C)[C@@H]2[C@@H](CC(=O)N3Cc4ccccc4C[C@H]3CO)O[C@]3(C(=O)N(Cc4ccc(NC(=O)c5ccccc5)cc4)c4ccc([N+](=O)[O-])cc43)[C@H]2C)cc1. The van der Waals surface area contributed by atoms with E-state index in [0.717, 1.165) is 21.9 Å². The number of amides is 3. The Morgan fingerprint density at radius 3 is 2.30 bits per heavy atom. The second kappa shape index (κ2) is 16.1. The molecule has 5 aromatic rings. The largest absolute Gasteiger partial charge is 0.497 e. The molecule has 5 aromatic carbocycles. The summed E-state index contributed by atoms with van der Waals surface area (Å²) in [7, 11) is -1.06. The average molecular weight is 825 g/mol. The van der Waals surface area contributed by atoms with Crippen molar-refractivity contribution in [3.05, 3.63) is 159 Å². The van der Waals surface area contributed by atoms with Crippen molar-refractivity contribution in [1.82, 2.24) is 4.90 Å². The molecule has 3 heterocycles. The van der Waals surface area contributed by atoms with Gasteiger partial charge in [0, 0.05) is 41.4 Å². The first-order chi connectivity index (χ1) is 28.8. The molecule has 3 amide bonds. The third kappa shape index (κ3) is 7.16. The van der Waals surface area contributed by atoms with E-state index in [9.17, 15) is 24.8 Å². The van der Waals surface area contributed by atoms with Gasteiger partial charge in [-0.25, -0.2) is 0 Å². The number of fused-ring (bicyclic) bond motifs is 3. The molecule has 12 nitrogen and oxygen atoms in total. The number of nitrogens with zero attached hydrogens (tertiary/aromatic N) is 3. The lowest BCUT2D eigenvalue weighted by Gasteiger charge is -2.39. The summed E-state index contributed by atoms with van der Waals surface area (Å²) in [6, 6.07) is 36.0. The molecule has 8 rings (SSSR count). The van der Waals surface area contributed by atoms with Gasteiger partial charge >= 0.3 is 0 Å². The predicted molar refractivity (Wildman–Crippen MR) is 231 cm³/mol. The third-order valence-corrected chi connectivity index (χ3v) is 17.2. The van der Waals surface area contributed by atoms with Crippen LogP contribution in [0.4, 0.5) is 17.1 Å². The maximum Gasteiger partial charge on any atom is 0.269 e. The van der Waals surface area contributed by atoms with Crippen molar-refractivity contribution >= 4 is 48.0 Å². The number of nitro benzene ring substituents is 1. The molecule has 3 aliphatic heterocycles. The molecule has 0 aromatic heterocycles. The molecule has 0 saturated carbocycles. The van der Waals surface area contributed by atoms with E-state index in [1.54, 1.807) is 59.4 Å². The molecule has 0 unspecified atom stereocenters. The molecule has 308 valence electrons. The van der Waals surface area contributed by atoms with Gasteiger partial charge in [0.15, 0.2) is 5.60 Å². The van der Waals surface area contributed by atoms with Crippen LogP contribution in [-0.4, -0.2) is 66.6 Å². The zero-order valence-electron chi connectivity index (χ0n) is 34.0. The summed E-state index contributed by atoms with van der Waals surface area (Å²) in [5.74, 6) is -0.598. The van der Waals surface area contributed by atoms with Crippen LogP contribution in [0.2, 0.25) is 18.6 Å². The van der Waals surface area contributed by atoms with Gasteiger partial charge in [-0.15, -0.1) is 0 Å². The van der Waals surface area contributed by atoms with Crippen molar-refractivity contribution in [1.29, 1.82) is 0 Å². The van der Waals surface area contributed by atoms with Crippen LogP contribution >= 0.6 is 0 Å². The molecule has 0 aliphatic carbocycles. The lowest BCUT2D eigenvalue weighted by molar-refractivity contribution is -0.385. The van der Waals surface area contributed by atoms with Crippen LogP contribution in [0.5, 0.6) is 5.75 Å². The maximum atomic E-state index is 15.4. The van der Waals surface area contributed by atoms with E-state index in [1.807, 2.05) is 73.7 Å². The van der Waals surface area contributed by atoms with Gasteiger partial charge in [0.2, 0.25) is 5.91 Å². The van der Waals surface area contributed by atoms with Crippen molar-refractivity contribution in [3.8, 4) is 5.75 Å². The minimum absolute atomic E-state index is 0.0459. The Bertz CT molecular complexity index is 2440. The average Bonchev–Trinajstić information content (AvgIpc) is 3.69. The van der Waals surface area contributed by atoms with Gasteiger partial charge < -0.3 is 29.7 Å². The van der Waals surface area contributed by atoms with Crippen molar-refractivity contribution < 1.29 is 33.9 Å². The Morgan fingerprint density at radius 2 is 1.63 bits per heavy atom. The van der Waals surface area contributed by atoms with Crippen LogP contribution in [0.15, 0.2) is 121 Å². The third-order valence-electron chi connectivity index (χ3n) is 12.9. The van der Waals surface area contributed by atoms with Gasteiger partial charge in [-0.05, 0) is 71.1 Å². The van der Waals surface area contributed by atoms with Crippen LogP contribution < -0.4 is 20.1 Å². The van der Waals surface area contributed by atoms with Gasteiger partial charge in [-0.2, -0.15) is 0 Å². The van der Waals surface area contributed by atoms with Gasteiger partial charge in [0.1, 0.15) is 5.75 Å². The number of nitrogens with one attached hydrogen (secondary N) is 1. The number of non-ortho nitro benzene ring substituents is 1. The van der Waals surface area contributed by atoms with Crippen molar-refractivity contribution in [2.24, 2.45) is 5.92 Å². The predicted octanol–water partition coefficient (Wildman–Crippen LogP) is 6.95. The second-order valence-corrected chi connectivity index (χ2v) is 21.2. The number of rotatable bonds is 11. The summed E-state index contributed by atoms with van der Waals surface area (Å²) in [6.07, 6.45) is -0.267. The summed E-state index contributed by atoms with van der Waals surface area (Å²) in [5, 5.41) is 26.8. The maximum absolute atomic E-state index is 15.4. The highest BCUT2D eigenvalue weighted by atomic mass is 28.3. The van der Waals surface area contributed by atoms with Gasteiger partial charge in [0.05, 0.1) is 57.5 Å². The summed E-state index contributed by atoms with van der Waals surface area (Å²) in [5.41, 5.74) is 2.79. The summed E-state index contributed by atoms with van der Waals surface area (Å²) in [6.45, 7) is 6.68. The first kappa shape index (κ1) is 40.6. The number of anilines is 2. The molecule has 13 heteroatoms. The van der Waals surface area contributed by atoms with E-state index < -0.39 is 36.7 Å². The molecule has 5 atom stereocenters. The summed E-state index contributed by atoms with van der Waals surface area (Å²) >= 11 is 0. The molecular weight excluding hydrogens is 777 g/mol. The van der Waals surface area contributed by atoms with Crippen LogP contribution in [0.3, 0.4) is 0 Å². The number of aliphatic hydroxyl groups excluding tert-OH is 1. The minimum Gasteiger partial charge on any atom is -0.497 e. The number of aliphatic hydroxyl groups is 1. The van der Waals surface area contributed by atoms with Crippen molar-refractivity contribution in [3.63, 3.8) is 0 Å². The number of carbonyl (C=O) groups is 3. The Balaban J connectivity index is 1.16. The van der Waals surface area contributed by atoms with Crippen LogP contribution in [0.1, 0.15) is 46.0 Å². The molecule has 1 saturated heterocycles. The quantitative estimate of drug-likeness (QED) is 0.0825. The van der Waals surface area contributed by atoms with E-state index >= 15 is 4.79 Å². The van der Waals surface area contributed by atoms with Crippen LogP contribution in [0.25, 0.3) is 0 Å². The topological polar surface area (TPSA) is 152 Å². The van der Waals surface area contributed by atoms with E-state index in [2.05, 4.69) is 18.4 Å². The standard InChI is InChI=1S/C47H48N4O8Si/c1-30-44(60(3,4)39-21-19-38(58-2)20-22-39)42(26-43(53)49-28-34-13-9-8-12-33(34)24-37(49)29-52)59-47(30)40-25-36(51(56)57)18-23-41(40)50(46(47)55)27-31-14-16-35(17-15-31)48-45(54)32-10-6-5-7-11-32/h5-23,25,30,37,42,44,52H,24,26-29H2,1-4H3,(H,48,54)/t30-,37-,42+,44-,47+/m0/s1. The number of methoxy groups -OCH3 is 1. The van der Waals surface area contributed by atoms with Gasteiger partial charge in [0.25, 0.3) is 17.5 Å². The first-order valence-electron chi connectivity index (χ1n) is 20.2. The van der Waals surface area contributed by atoms with Gasteiger partial charge in [-0.1, -0.05) is 91.9 Å². The number of hydrogen-bond acceptors (Lipinski definition) is 8. The van der Waals surface area contributed by atoms with E-state index in [0.29, 0.717) is 41.2 Å². The number of nitro groups is 1. The molecule has 60 heavy (non-hydrogen) atoms. The fourth-order valence-electron chi connectivity index (χ4n) is 9.77. The Morgan fingerprint density at radius 1 is 0.950 bits per heavy atom. The zero-order valence-corrected chi connectivity index (χ0v) is 35.0. The van der Waals surface area contributed by atoms with E-state index in [-0.39, 0.29) is 48.5 Å². The second-order valence-electron chi connectivity index (χ2n) is 16.6. The highest BCUT2D eigenvalue weighted by molar-refractivity contribution is 6.91.